The highest BCUT2D eigenvalue weighted by Crippen LogP contribution is 2.48. The van der Waals surface area contributed by atoms with Crippen LogP contribution in [0.1, 0.15) is 34.7 Å². The van der Waals surface area contributed by atoms with Crippen LogP contribution in [0, 0.1) is 0 Å². The summed E-state index contributed by atoms with van der Waals surface area (Å²) < 4.78 is 22.3. The SMILES string of the molecule is COc1ccc(C(=O)OC[C@@H](C(=O)OC2C[C@@H]3[C@H]4O[C@H]4[C@H](C2)N3C)c2ccccc2)cc1. The zero-order valence-electron chi connectivity index (χ0n) is 18.2. The molecule has 168 valence electrons. The number of epoxide rings is 1. The Balaban J connectivity index is 1.25. The molecular formula is C25H27NO6. The number of piperidine rings is 1. The van der Waals surface area contributed by atoms with E-state index in [1.807, 2.05) is 30.3 Å². The molecular weight excluding hydrogens is 410 g/mol. The number of hydrogen-bond donors (Lipinski definition) is 0. The number of ether oxygens (including phenoxy) is 4. The zero-order valence-corrected chi connectivity index (χ0v) is 18.2. The fraction of sp³-hybridized carbons (Fsp3) is 0.440. The fourth-order valence-electron chi connectivity index (χ4n) is 5.00. The van der Waals surface area contributed by atoms with E-state index in [9.17, 15) is 9.59 Å². The summed E-state index contributed by atoms with van der Waals surface area (Å²) in [6, 6.07) is 16.6. The summed E-state index contributed by atoms with van der Waals surface area (Å²) in [4.78, 5) is 28.1. The number of carbonyl (C=O) groups is 2. The summed E-state index contributed by atoms with van der Waals surface area (Å²) >= 11 is 0. The third-order valence-corrected chi connectivity index (χ3v) is 6.85. The molecule has 2 aromatic rings. The monoisotopic (exact) mass is 437 g/mol. The van der Waals surface area contributed by atoms with Crippen molar-refractivity contribution in [1.82, 2.24) is 4.90 Å². The number of nitrogens with zero attached hydrogens (tertiary/aromatic N) is 1. The van der Waals surface area contributed by atoms with E-state index in [4.69, 9.17) is 18.9 Å². The number of morpholine rings is 1. The van der Waals surface area contributed by atoms with Gasteiger partial charge >= 0.3 is 11.9 Å². The highest BCUT2D eigenvalue weighted by Gasteiger charge is 2.62. The second-order valence-electron chi connectivity index (χ2n) is 8.69. The third-order valence-electron chi connectivity index (χ3n) is 6.85. The summed E-state index contributed by atoms with van der Waals surface area (Å²) in [7, 11) is 3.68. The Bertz CT molecular complexity index is 960. The van der Waals surface area contributed by atoms with Crippen LogP contribution < -0.4 is 4.74 Å². The van der Waals surface area contributed by atoms with Gasteiger partial charge in [-0.05, 0) is 36.9 Å². The molecule has 2 bridgehead atoms. The lowest BCUT2D eigenvalue weighted by molar-refractivity contribution is -0.156. The van der Waals surface area contributed by atoms with Crippen LogP contribution in [0.4, 0.5) is 0 Å². The van der Waals surface area contributed by atoms with E-state index in [0.717, 1.165) is 18.4 Å². The summed E-state index contributed by atoms with van der Waals surface area (Å²) in [5.41, 5.74) is 1.17. The predicted molar refractivity (Wildman–Crippen MR) is 116 cm³/mol. The zero-order chi connectivity index (χ0) is 22.2. The largest absolute Gasteiger partial charge is 0.497 e. The van der Waals surface area contributed by atoms with Crippen LogP contribution in [0.5, 0.6) is 5.75 Å². The van der Waals surface area contributed by atoms with Crippen molar-refractivity contribution in [2.24, 2.45) is 0 Å². The molecule has 1 unspecified atom stereocenters. The van der Waals surface area contributed by atoms with Crippen LogP contribution in [0.15, 0.2) is 54.6 Å². The Morgan fingerprint density at radius 1 is 1.03 bits per heavy atom. The van der Waals surface area contributed by atoms with Crippen LogP contribution in [0.2, 0.25) is 0 Å². The quantitative estimate of drug-likeness (QED) is 0.487. The predicted octanol–water partition coefficient (Wildman–Crippen LogP) is 2.79. The van der Waals surface area contributed by atoms with Crippen molar-refractivity contribution < 1.29 is 28.5 Å². The summed E-state index contributed by atoms with van der Waals surface area (Å²) in [6.07, 6.45) is 1.96. The van der Waals surface area contributed by atoms with Gasteiger partial charge in [0.15, 0.2) is 0 Å². The molecule has 3 fully saturated rings. The lowest BCUT2D eigenvalue weighted by atomic mass is 9.97. The van der Waals surface area contributed by atoms with E-state index in [-0.39, 0.29) is 30.9 Å². The Labute approximate surface area is 187 Å². The van der Waals surface area contributed by atoms with Crippen LogP contribution in [0.3, 0.4) is 0 Å². The van der Waals surface area contributed by atoms with E-state index in [0.29, 0.717) is 23.4 Å². The van der Waals surface area contributed by atoms with Gasteiger partial charge < -0.3 is 18.9 Å². The van der Waals surface area contributed by atoms with E-state index >= 15 is 0 Å². The highest BCUT2D eigenvalue weighted by atomic mass is 16.6. The number of fused-ring (bicyclic) bond motifs is 5. The molecule has 3 heterocycles. The van der Waals surface area contributed by atoms with Crippen LogP contribution in [-0.2, 0) is 19.0 Å². The molecule has 2 aromatic carbocycles. The minimum atomic E-state index is -0.679. The molecule has 0 aromatic heterocycles. The van der Waals surface area contributed by atoms with Gasteiger partial charge in [-0.2, -0.15) is 0 Å². The number of methoxy groups -OCH3 is 1. The molecule has 7 heteroatoms. The molecule has 3 aliphatic rings. The van der Waals surface area contributed by atoms with E-state index in [1.54, 1.807) is 31.4 Å². The molecule has 5 rings (SSSR count). The molecule has 0 N–H and O–H groups in total. The van der Waals surface area contributed by atoms with Crippen LogP contribution >= 0.6 is 0 Å². The van der Waals surface area contributed by atoms with Crippen LogP contribution in [0.25, 0.3) is 0 Å². The van der Waals surface area contributed by atoms with Gasteiger partial charge in [0.2, 0.25) is 0 Å². The molecule has 7 nitrogen and oxygen atoms in total. The van der Waals surface area contributed by atoms with Crippen molar-refractivity contribution in [3.05, 3.63) is 65.7 Å². The number of hydrogen-bond acceptors (Lipinski definition) is 7. The van der Waals surface area contributed by atoms with E-state index < -0.39 is 11.9 Å². The molecule has 6 atom stereocenters. The van der Waals surface area contributed by atoms with Gasteiger partial charge in [0.1, 0.15) is 36.6 Å². The average Bonchev–Trinajstić information content (AvgIpc) is 3.58. The van der Waals surface area contributed by atoms with Crippen LogP contribution in [-0.4, -0.2) is 68.0 Å². The summed E-state index contributed by atoms with van der Waals surface area (Å²) in [5.74, 6) is -0.873. The molecule has 3 aliphatic heterocycles. The number of rotatable bonds is 7. The van der Waals surface area contributed by atoms with E-state index in [2.05, 4.69) is 11.9 Å². The average molecular weight is 437 g/mol. The number of carbonyl (C=O) groups excluding carboxylic acids is 2. The highest BCUT2D eigenvalue weighted by molar-refractivity contribution is 5.90. The van der Waals surface area contributed by atoms with Crippen molar-refractivity contribution in [3.8, 4) is 5.75 Å². The minimum absolute atomic E-state index is 0.0818. The second-order valence-corrected chi connectivity index (χ2v) is 8.69. The molecule has 3 saturated heterocycles. The second kappa shape index (κ2) is 8.56. The Morgan fingerprint density at radius 2 is 1.69 bits per heavy atom. The topological polar surface area (TPSA) is 77.6 Å². The first-order valence-electron chi connectivity index (χ1n) is 11.0. The Hall–Kier alpha value is -2.90. The first-order valence-corrected chi connectivity index (χ1v) is 11.0. The number of esters is 2. The summed E-state index contributed by atoms with van der Waals surface area (Å²) in [5, 5.41) is 0. The van der Waals surface area contributed by atoms with Gasteiger partial charge in [0, 0.05) is 24.9 Å². The van der Waals surface area contributed by atoms with Gasteiger partial charge in [0.05, 0.1) is 12.7 Å². The summed E-state index contributed by atoms with van der Waals surface area (Å²) in [6.45, 7) is -0.0818. The fourth-order valence-corrected chi connectivity index (χ4v) is 5.00. The van der Waals surface area contributed by atoms with Gasteiger partial charge in [-0.25, -0.2) is 4.79 Å². The third kappa shape index (κ3) is 3.98. The number of benzene rings is 2. The molecule has 0 amide bonds. The molecule has 0 radical (unpaired) electrons. The van der Waals surface area contributed by atoms with Crippen molar-refractivity contribution in [2.75, 3.05) is 20.8 Å². The van der Waals surface area contributed by atoms with Crippen molar-refractivity contribution in [3.63, 3.8) is 0 Å². The lowest BCUT2D eigenvalue weighted by Gasteiger charge is -2.38. The number of likely N-dealkylation sites (N-methyl/N-ethyl adjacent to an activating group) is 1. The van der Waals surface area contributed by atoms with Crippen molar-refractivity contribution in [2.45, 2.75) is 49.2 Å². The Morgan fingerprint density at radius 3 is 2.31 bits per heavy atom. The maximum absolute atomic E-state index is 13.2. The van der Waals surface area contributed by atoms with Crippen molar-refractivity contribution in [1.29, 1.82) is 0 Å². The van der Waals surface area contributed by atoms with Gasteiger partial charge in [-0.15, -0.1) is 0 Å². The van der Waals surface area contributed by atoms with Gasteiger partial charge in [-0.1, -0.05) is 30.3 Å². The maximum Gasteiger partial charge on any atom is 0.338 e. The normalized spacial score (nSPS) is 29.0. The molecule has 0 spiro atoms. The molecule has 0 saturated carbocycles. The molecule has 32 heavy (non-hydrogen) atoms. The van der Waals surface area contributed by atoms with Crippen molar-refractivity contribution >= 4 is 11.9 Å². The maximum atomic E-state index is 13.2. The standard InChI is InChI=1S/C25H27NO6/c1-26-20-12-18(13-21(26)23-22(20)32-23)31-25(28)19(15-6-4-3-5-7-15)14-30-24(27)16-8-10-17(29-2)11-9-16/h3-11,18-23H,12-14H2,1-2H3/t18?,19-,20-,21+,22-,23+/m1/s1. The van der Waals surface area contributed by atoms with Gasteiger partial charge in [-0.3, -0.25) is 9.69 Å². The van der Waals surface area contributed by atoms with Gasteiger partial charge in [0.25, 0.3) is 0 Å². The first-order chi connectivity index (χ1) is 15.5. The minimum Gasteiger partial charge on any atom is -0.497 e. The van der Waals surface area contributed by atoms with E-state index in [1.165, 1.54) is 0 Å². The first kappa shape index (κ1) is 21.0. The molecule has 0 aliphatic carbocycles. The lowest BCUT2D eigenvalue weighted by Crippen LogP contribution is -2.48. The Kier molecular flexibility index (Phi) is 5.61. The smallest absolute Gasteiger partial charge is 0.338 e.